The second-order valence-corrected chi connectivity index (χ2v) is 5.63. The van der Waals surface area contributed by atoms with Gasteiger partial charge in [-0.15, -0.1) is 0 Å². The molecule has 0 spiro atoms. The zero-order valence-electron chi connectivity index (χ0n) is 12.5. The molecule has 1 aliphatic rings. The Morgan fingerprint density at radius 2 is 2.16 bits per heavy atom. The molecule has 1 saturated heterocycles. The number of hydrogen-bond donors (Lipinski definition) is 3. The number of carbonyl (C=O) groups is 1. The zero-order chi connectivity index (χ0) is 14.3. The van der Waals surface area contributed by atoms with Crippen LogP contribution in [0.4, 0.5) is 0 Å². The van der Waals surface area contributed by atoms with E-state index in [0.717, 1.165) is 39.0 Å². The number of piperidine rings is 1. The highest BCUT2D eigenvalue weighted by molar-refractivity contribution is 5.72. The largest absolute Gasteiger partial charge is 0.393 e. The maximum absolute atomic E-state index is 10.9. The zero-order valence-corrected chi connectivity index (χ0v) is 12.5. The number of hydrogen-bond acceptors (Lipinski definition) is 4. The summed E-state index contributed by atoms with van der Waals surface area (Å²) in [5.74, 6) is 0.338. The van der Waals surface area contributed by atoms with Gasteiger partial charge < -0.3 is 15.7 Å². The Kier molecular flexibility index (Phi) is 7.34. The predicted molar refractivity (Wildman–Crippen MR) is 77.0 cm³/mol. The fourth-order valence-corrected chi connectivity index (χ4v) is 2.65. The van der Waals surface area contributed by atoms with Gasteiger partial charge in [0.25, 0.3) is 0 Å². The van der Waals surface area contributed by atoms with Gasteiger partial charge >= 0.3 is 0 Å². The standard InChI is InChI=1S/C14H29N3O2/c1-4-5-16-14-8-13(11(2)18)9-17(10-14)7-6-15-12(3)19/h11,13-14,16,18H,4-10H2,1-3H3,(H,15,19). The van der Waals surface area contributed by atoms with Crippen LogP contribution in [0.2, 0.25) is 0 Å². The molecule has 5 nitrogen and oxygen atoms in total. The molecule has 1 fully saturated rings. The lowest BCUT2D eigenvalue weighted by Gasteiger charge is -2.39. The highest BCUT2D eigenvalue weighted by Gasteiger charge is 2.29. The first-order valence-electron chi connectivity index (χ1n) is 7.41. The Bertz CT molecular complexity index is 271. The van der Waals surface area contributed by atoms with Gasteiger partial charge in [-0.3, -0.25) is 9.69 Å². The number of nitrogens with one attached hydrogen (secondary N) is 2. The van der Waals surface area contributed by atoms with E-state index in [9.17, 15) is 9.90 Å². The summed E-state index contributed by atoms with van der Waals surface area (Å²) in [4.78, 5) is 13.2. The normalized spacial score (nSPS) is 26.1. The van der Waals surface area contributed by atoms with Gasteiger partial charge in [-0.05, 0) is 32.2 Å². The Morgan fingerprint density at radius 3 is 2.74 bits per heavy atom. The topological polar surface area (TPSA) is 64.6 Å². The summed E-state index contributed by atoms with van der Waals surface area (Å²) in [6.45, 7) is 10.1. The van der Waals surface area contributed by atoms with Crippen molar-refractivity contribution in [3.05, 3.63) is 0 Å². The third kappa shape index (κ3) is 6.36. The summed E-state index contributed by atoms with van der Waals surface area (Å²) in [5, 5.41) is 16.2. The van der Waals surface area contributed by atoms with E-state index in [0.29, 0.717) is 18.5 Å². The fourth-order valence-electron chi connectivity index (χ4n) is 2.65. The van der Waals surface area contributed by atoms with Crippen LogP contribution in [0.5, 0.6) is 0 Å². The van der Waals surface area contributed by atoms with Crippen LogP contribution < -0.4 is 10.6 Å². The second kappa shape index (κ2) is 8.51. The van der Waals surface area contributed by atoms with E-state index in [1.165, 1.54) is 0 Å². The number of aliphatic hydroxyl groups excluding tert-OH is 1. The summed E-state index contributed by atoms with van der Waals surface area (Å²) in [6, 6.07) is 0.450. The van der Waals surface area contributed by atoms with Crippen LogP contribution in [0.1, 0.15) is 33.6 Å². The van der Waals surface area contributed by atoms with Crippen LogP contribution in [0.25, 0.3) is 0 Å². The number of rotatable bonds is 7. The van der Waals surface area contributed by atoms with Gasteiger partial charge in [0.15, 0.2) is 0 Å². The molecule has 5 heteroatoms. The molecular formula is C14H29N3O2. The van der Waals surface area contributed by atoms with Gasteiger partial charge in [0.1, 0.15) is 0 Å². The van der Waals surface area contributed by atoms with Crippen LogP contribution in [-0.4, -0.2) is 60.8 Å². The van der Waals surface area contributed by atoms with E-state index in [1.807, 2.05) is 6.92 Å². The van der Waals surface area contributed by atoms with Crippen molar-refractivity contribution in [2.24, 2.45) is 5.92 Å². The number of likely N-dealkylation sites (tertiary alicyclic amines) is 1. The lowest BCUT2D eigenvalue weighted by atomic mass is 9.90. The van der Waals surface area contributed by atoms with E-state index in [1.54, 1.807) is 6.92 Å². The molecule has 1 rings (SSSR count). The molecule has 1 aliphatic heterocycles. The number of aliphatic hydroxyl groups is 1. The molecule has 3 unspecified atom stereocenters. The van der Waals surface area contributed by atoms with Crippen molar-refractivity contribution >= 4 is 5.91 Å². The average Bonchev–Trinajstić information content (AvgIpc) is 2.35. The lowest BCUT2D eigenvalue weighted by Crippen LogP contribution is -2.52. The maximum Gasteiger partial charge on any atom is 0.216 e. The fraction of sp³-hybridized carbons (Fsp3) is 0.929. The quantitative estimate of drug-likeness (QED) is 0.619. The summed E-state index contributed by atoms with van der Waals surface area (Å²) >= 11 is 0. The van der Waals surface area contributed by atoms with E-state index in [4.69, 9.17) is 0 Å². The van der Waals surface area contributed by atoms with Gasteiger partial charge in [-0.2, -0.15) is 0 Å². The number of amides is 1. The van der Waals surface area contributed by atoms with Crippen molar-refractivity contribution < 1.29 is 9.90 Å². The van der Waals surface area contributed by atoms with Crippen molar-refractivity contribution in [3.8, 4) is 0 Å². The van der Waals surface area contributed by atoms with Crippen LogP contribution >= 0.6 is 0 Å². The van der Waals surface area contributed by atoms with Crippen LogP contribution in [0.15, 0.2) is 0 Å². The molecule has 3 atom stereocenters. The minimum absolute atomic E-state index is 0.0183. The minimum atomic E-state index is -0.269. The molecule has 3 N–H and O–H groups in total. The number of carbonyl (C=O) groups excluding carboxylic acids is 1. The molecule has 0 bridgehead atoms. The van der Waals surface area contributed by atoms with Crippen molar-refractivity contribution in [2.75, 3.05) is 32.7 Å². The van der Waals surface area contributed by atoms with Gasteiger partial charge in [-0.1, -0.05) is 6.92 Å². The number of nitrogens with zero attached hydrogens (tertiary/aromatic N) is 1. The molecule has 0 radical (unpaired) electrons. The molecular weight excluding hydrogens is 242 g/mol. The molecule has 0 aromatic heterocycles. The molecule has 1 heterocycles. The highest BCUT2D eigenvalue weighted by Crippen LogP contribution is 2.20. The second-order valence-electron chi connectivity index (χ2n) is 5.63. The summed E-state index contributed by atoms with van der Waals surface area (Å²) < 4.78 is 0. The Hall–Kier alpha value is -0.650. The first-order chi connectivity index (χ1) is 9.02. The summed E-state index contributed by atoms with van der Waals surface area (Å²) in [5.41, 5.74) is 0. The average molecular weight is 271 g/mol. The van der Waals surface area contributed by atoms with Crippen LogP contribution in [-0.2, 0) is 4.79 Å². The minimum Gasteiger partial charge on any atom is -0.393 e. The molecule has 0 aliphatic carbocycles. The lowest BCUT2D eigenvalue weighted by molar-refractivity contribution is -0.119. The molecule has 19 heavy (non-hydrogen) atoms. The summed E-state index contributed by atoms with van der Waals surface area (Å²) in [7, 11) is 0. The Labute approximate surface area is 116 Å². The van der Waals surface area contributed by atoms with Gasteiger partial charge in [0, 0.05) is 39.1 Å². The van der Waals surface area contributed by atoms with Gasteiger partial charge in [0.2, 0.25) is 5.91 Å². The predicted octanol–water partition coefficient (Wildman–Crippen LogP) is 0.193. The van der Waals surface area contributed by atoms with Gasteiger partial charge in [0.05, 0.1) is 6.10 Å². The van der Waals surface area contributed by atoms with Crippen molar-refractivity contribution in [3.63, 3.8) is 0 Å². The smallest absolute Gasteiger partial charge is 0.216 e. The Morgan fingerprint density at radius 1 is 1.42 bits per heavy atom. The van der Waals surface area contributed by atoms with Crippen LogP contribution in [0.3, 0.4) is 0 Å². The third-order valence-corrected chi connectivity index (χ3v) is 3.73. The van der Waals surface area contributed by atoms with Crippen molar-refractivity contribution in [1.82, 2.24) is 15.5 Å². The third-order valence-electron chi connectivity index (χ3n) is 3.73. The molecule has 1 amide bonds. The SMILES string of the molecule is CCCNC1CC(C(C)O)CN(CCNC(C)=O)C1. The Balaban J connectivity index is 2.42. The monoisotopic (exact) mass is 271 g/mol. The van der Waals surface area contributed by atoms with E-state index >= 15 is 0 Å². The molecule has 0 aromatic rings. The maximum atomic E-state index is 10.9. The van der Waals surface area contributed by atoms with E-state index < -0.39 is 0 Å². The summed E-state index contributed by atoms with van der Waals surface area (Å²) in [6.07, 6.45) is 1.89. The molecule has 0 aromatic carbocycles. The van der Waals surface area contributed by atoms with Crippen molar-refractivity contribution in [2.45, 2.75) is 45.8 Å². The van der Waals surface area contributed by atoms with Gasteiger partial charge in [-0.25, -0.2) is 0 Å². The van der Waals surface area contributed by atoms with E-state index in [2.05, 4.69) is 22.5 Å². The first kappa shape index (κ1) is 16.4. The molecule has 0 saturated carbocycles. The van der Waals surface area contributed by atoms with Crippen LogP contribution in [0, 0.1) is 5.92 Å². The molecule has 112 valence electrons. The van der Waals surface area contributed by atoms with Crippen molar-refractivity contribution in [1.29, 1.82) is 0 Å². The van der Waals surface area contributed by atoms with E-state index in [-0.39, 0.29) is 12.0 Å². The first-order valence-corrected chi connectivity index (χ1v) is 7.41. The highest BCUT2D eigenvalue weighted by atomic mass is 16.3.